The minimum Gasteiger partial charge on any atom is -0.325 e. The molecule has 6 heteroatoms. The Kier molecular flexibility index (Phi) is 5.39. The minimum absolute atomic E-state index is 0.0373. The number of nitrogens with one attached hydrogen (secondary N) is 1. The van der Waals surface area contributed by atoms with Gasteiger partial charge in [0.05, 0.1) is 15.9 Å². The maximum atomic E-state index is 12.3. The highest BCUT2D eigenvalue weighted by atomic mass is 32.2. The molecule has 0 saturated carbocycles. The molecule has 2 aromatic carbocycles. The van der Waals surface area contributed by atoms with Gasteiger partial charge in [-0.15, -0.1) is 11.8 Å². The van der Waals surface area contributed by atoms with E-state index in [0.717, 1.165) is 10.5 Å². The Morgan fingerprint density at radius 3 is 2.43 bits per heavy atom. The predicted octanol–water partition coefficient (Wildman–Crippen LogP) is 4.33. The molecule has 0 heterocycles. The highest BCUT2D eigenvalue weighted by Gasteiger charge is 2.17. The maximum Gasteiger partial charge on any atom is 0.271 e. The summed E-state index contributed by atoms with van der Waals surface area (Å²) in [5, 5.41) is 13.3. The number of rotatable bonds is 5. The van der Waals surface area contributed by atoms with Crippen LogP contribution in [0.15, 0.2) is 47.4 Å². The van der Waals surface area contributed by atoms with E-state index in [1.165, 1.54) is 29.5 Å². The van der Waals surface area contributed by atoms with Crippen molar-refractivity contribution in [3.63, 3.8) is 0 Å². The number of hydrogen-bond donors (Lipinski definition) is 1. The molecule has 0 radical (unpaired) electrons. The zero-order chi connectivity index (χ0) is 17.0. The predicted molar refractivity (Wildman–Crippen MR) is 93.0 cm³/mol. The third kappa shape index (κ3) is 4.56. The van der Waals surface area contributed by atoms with Gasteiger partial charge in [0.2, 0.25) is 5.91 Å². The summed E-state index contributed by atoms with van der Waals surface area (Å²) in [7, 11) is 0. The van der Waals surface area contributed by atoms with Crippen molar-refractivity contribution >= 4 is 29.0 Å². The zero-order valence-electron chi connectivity index (χ0n) is 13.2. The van der Waals surface area contributed by atoms with Gasteiger partial charge in [-0.25, -0.2) is 0 Å². The monoisotopic (exact) mass is 330 g/mol. The Bertz CT molecular complexity index is 729. The van der Waals surface area contributed by atoms with Gasteiger partial charge in [-0.3, -0.25) is 14.9 Å². The summed E-state index contributed by atoms with van der Waals surface area (Å²) in [4.78, 5) is 23.7. The Balaban J connectivity index is 2.07. The van der Waals surface area contributed by atoms with Gasteiger partial charge in [-0.05, 0) is 38.5 Å². The lowest BCUT2D eigenvalue weighted by molar-refractivity contribution is -0.384. The first-order valence-corrected chi connectivity index (χ1v) is 8.04. The smallest absolute Gasteiger partial charge is 0.271 e. The maximum absolute atomic E-state index is 12.3. The van der Waals surface area contributed by atoms with Crippen LogP contribution in [0.5, 0.6) is 0 Å². The van der Waals surface area contributed by atoms with Crippen molar-refractivity contribution in [2.75, 3.05) is 5.32 Å². The normalized spacial score (nSPS) is 11.8. The van der Waals surface area contributed by atoms with Crippen molar-refractivity contribution < 1.29 is 9.72 Å². The number of hydrogen-bond acceptors (Lipinski definition) is 4. The molecule has 0 saturated heterocycles. The van der Waals surface area contributed by atoms with Crippen LogP contribution in [-0.4, -0.2) is 16.1 Å². The third-order valence-corrected chi connectivity index (χ3v) is 4.50. The van der Waals surface area contributed by atoms with E-state index in [4.69, 9.17) is 0 Å². The second-order valence-corrected chi connectivity index (χ2v) is 6.73. The number of carbonyl (C=O) groups excluding carboxylic acids is 1. The minimum atomic E-state index is -0.473. The summed E-state index contributed by atoms with van der Waals surface area (Å²) in [5.41, 5.74) is 2.39. The number of non-ortho nitro benzene ring substituents is 1. The first kappa shape index (κ1) is 17.0. The summed E-state index contributed by atoms with van der Waals surface area (Å²) in [6.45, 7) is 5.62. The number of anilines is 1. The number of benzene rings is 2. The number of aryl methyl sites for hydroxylation is 2. The summed E-state index contributed by atoms with van der Waals surface area (Å²) in [6, 6.07) is 12.4. The van der Waals surface area contributed by atoms with Crippen LogP contribution in [0.4, 0.5) is 11.4 Å². The average Bonchev–Trinajstić information content (AvgIpc) is 2.51. The Hall–Kier alpha value is -2.34. The zero-order valence-corrected chi connectivity index (χ0v) is 14.0. The molecule has 1 N–H and O–H groups in total. The van der Waals surface area contributed by atoms with Crippen LogP contribution < -0.4 is 5.32 Å². The molecule has 120 valence electrons. The molecule has 0 aliphatic rings. The van der Waals surface area contributed by atoms with Crippen molar-refractivity contribution in [1.82, 2.24) is 0 Å². The van der Waals surface area contributed by atoms with E-state index in [-0.39, 0.29) is 16.8 Å². The largest absolute Gasteiger partial charge is 0.325 e. The van der Waals surface area contributed by atoms with Gasteiger partial charge in [-0.1, -0.05) is 23.8 Å². The quantitative estimate of drug-likeness (QED) is 0.503. The summed E-state index contributed by atoms with van der Waals surface area (Å²) >= 11 is 1.45. The van der Waals surface area contributed by atoms with Crippen LogP contribution in [0, 0.1) is 24.0 Å². The molecule has 1 atom stereocenters. The van der Waals surface area contributed by atoms with Gasteiger partial charge in [0.1, 0.15) is 0 Å². The van der Waals surface area contributed by atoms with E-state index in [9.17, 15) is 14.9 Å². The average molecular weight is 330 g/mol. The number of nitrogens with zero attached hydrogens (tertiary/aromatic N) is 1. The Morgan fingerprint density at radius 1 is 1.17 bits per heavy atom. The Morgan fingerprint density at radius 2 is 1.83 bits per heavy atom. The lowest BCUT2D eigenvalue weighted by Gasteiger charge is -2.13. The van der Waals surface area contributed by atoms with Crippen molar-refractivity contribution in [3.8, 4) is 0 Å². The van der Waals surface area contributed by atoms with Gasteiger partial charge >= 0.3 is 0 Å². The van der Waals surface area contributed by atoms with Gasteiger partial charge in [0.25, 0.3) is 5.69 Å². The van der Waals surface area contributed by atoms with Crippen molar-refractivity contribution in [1.29, 1.82) is 0 Å². The number of carbonyl (C=O) groups is 1. The van der Waals surface area contributed by atoms with Gasteiger partial charge in [-0.2, -0.15) is 0 Å². The lowest BCUT2D eigenvalue weighted by Crippen LogP contribution is -2.22. The fourth-order valence-corrected chi connectivity index (χ4v) is 2.83. The molecular formula is C17H18N2O3S. The lowest BCUT2D eigenvalue weighted by atomic mass is 10.2. The molecule has 0 aliphatic heterocycles. The van der Waals surface area contributed by atoms with E-state index in [1.807, 2.05) is 38.1 Å². The molecule has 0 bridgehead atoms. The molecule has 0 spiro atoms. The molecular weight excluding hydrogens is 312 g/mol. The Labute approximate surface area is 139 Å². The molecule has 0 aromatic heterocycles. The molecule has 1 unspecified atom stereocenters. The highest BCUT2D eigenvalue weighted by Crippen LogP contribution is 2.26. The standard InChI is InChI=1S/C17H18N2O3S/c1-11-4-8-15(9-5-11)23-13(3)17(20)18-16-10-14(19(21)22)7-6-12(16)2/h4-10,13H,1-3H3,(H,18,20). The van der Waals surface area contributed by atoms with Gasteiger partial charge in [0.15, 0.2) is 0 Å². The fourth-order valence-electron chi connectivity index (χ4n) is 1.97. The molecule has 0 aliphatic carbocycles. The molecule has 0 fully saturated rings. The second-order valence-electron chi connectivity index (χ2n) is 5.32. The number of nitro groups is 1. The topological polar surface area (TPSA) is 72.2 Å². The van der Waals surface area contributed by atoms with E-state index in [1.54, 1.807) is 13.0 Å². The number of thioether (sulfide) groups is 1. The summed E-state index contributed by atoms with van der Waals surface area (Å²) < 4.78 is 0. The van der Waals surface area contributed by atoms with E-state index in [0.29, 0.717) is 5.69 Å². The van der Waals surface area contributed by atoms with E-state index >= 15 is 0 Å². The van der Waals surface area contributed by atoms with E-state index < -0.39 is 4.92 Å². The molecule has 1 amide bonds. The summed E-state index contributed by atoms with van der Waals surface area (Å²) in [6.07, 6.45) is 0. The van der Waals surface area contributed by atoms with Crippen LogP contribution >= 0.6 is 11.8 Å². The molecule has 2 aromatic rings. The van der Waals surface area contributed by atoms with Gasteiger partial charge in [0, 0.05) is 17.0 Å². The van der Waals surface area contributed by atoms with Crippen LogP contribution in [0.3, 0.4) is 0 Å². The second kappa shape index (κ2) is 7.28. The number of nitro benzene ring substituents is 1. The molecule has 2 rings (SSSR count). The number of amides is 1. The van der Waals surface area contributed by atoms with Crippen LogP contribution in [0.2, 0.25) is 0 Å². The highest BCUT2D eigenvalue weighted by molar-refractivity contribution is 8.00. The van der Waals surface area contributed by atoms with Crippen LogP contribution in [0.25, 0.3) is 0 Å². The SMILES string of the molecule is Cc1ccc(SC(C)C(=O)Nc2cc([N+](=O)[O-])ccc2C)cc1. The first-order chi connectivity index (χ1) is 10.9. The first-order valence-electron chi connectivity index (χ1n) is 7.16. The van der Waals surface area contributed by atoms with Crippen molar-refractivity contribution in [3.05, 3.63) is 63.7 Å². The summed E-state index contributed by atoms with van der Waals surface area (Å²) in [5.74, 6) is -0.181. The fraction of sp³-hybridized carbons (Fsp3) is 0.235. The van der Waals surface area contributed by atoms with Gasteiger partial charge < -0.3 is 5.32 Å². The third-order valence-electron chi connectivity index (χ3n) is 3.39. The van der Waals surface area contributed by atoms with E-state index in [2.05, 4.69) is 5.32 Å². The van der Waals surface area contributed by atoms with Crippen LogP contribution in [0.1, 0.15) is 18.1 Å². The van der Waals surface area contributed by atoms with Crippen molar-refractivity contribution in [2.24, 2.45) is 0 Å². The van der Waals surface area contributed by atoms with Crippen molar-refractivity contribution in [2.45, 2.75) is 30.9 Å². The molecule has 23 heavy (non-hydrogen) atoms. The molecule has 5 nitrogen and oxygen atoms in total. The van der Waals surface area contributed by atoms with Crippen LogP contribution in [-0.2, 0) is 4.79 Å².